The quantitative estimate of drug-likeness (QED) is 0.833. The number of carbonyl (C=O) groups is 1. The third-order valence-electron chi connectivity index (χ3n) is 5.94. The highest BCUT2D eigenvalue weighted by Crippen LogP contribution is 2.44. The van der Waals surface area contributed by atoms with E-state index in [1.54, 1.807) is 0 Å². The highest BCUT2D eigenvalue weighted by Gasteiger charge is 2.39. The Balaban J connectivity index is 1.50. The molecule has 0 radical (unpaired) electrons. The molecule has 3 heteroatoms. The van der Waals surface area contributed by atoms with E-state index < -0.39 is 0 Å². The Morgan fingerprint density at radius 2 is 1.53 bits per heavy atom. The van der Waals surface area contributed by atoms with Gasteiger partial charge in [0, 0.05) is 25.0 Å². The fraction of sp³-hybridized carbons (Fsp3) is 0.938. The van der Waals surface area contributed by atoms with Crippen LogP contribution in [0.4, 0.5) is 0 Å². The van der Waals surface area contributed by atoms with E-state index in [4.69, 9.17) is 5.73 Å². The van der Waals surface area contributed by atoms with Crippen molar-refractivity contribution in [2.45, 2.75) is 76.2 Å². The summed E-state index contributed by atoms with van der Waals surface area (Å²) >= 11 is 0. The topological polar surface area (TPSA) is 46.3 Å². The predicted molar refractivity (Wildman–Crippen MR) is 76.7 cm³/mol. The van der Waals surface area contributed by atoms with Crippen LogP contribution in [0.25, 0.3) is 0 Å². The number of nitrogens with zero attached hydrogens (tertiary/aromatic N) is 1. The maximum Gasteiger partial charge on any atom is 0.224 e. The number of likely N-dealkylation sites (tertiary alicyclic amines) is 1. The van der Waals surface area contributed by atoms with Crippen molar-refractivity contribution in [3.05, 3.63) is 0 Å². The summed E-state index contributed by atoms with van der Waals surface area (Å²) in [7, 11) is 0. The van der Waals surface area contributed by atoms with Crippen molar-refractivity contribution in [3.8, 4) is 0 Å². The van der Waals surface area contributed by atoms with E-state index in [9.17, 15) is 4.79 Å². The second-order valence-electron chi connectivity index (χ2n) is 7.33. The lowest BCUT2D eigenvalue weighted by atomic mass is 9.68. The molecule has 0 aromatic heterocycles. The maximum absolute atomic E-state index is 12.3. The molecule has 2 N–H and O–H groups in total. The molecule has 2 saturated carbocycles. The van der Waals surface area contributed by atoms with E-state index in [0.29, 0.717) is 17.7 Å². The molecule has 0 aromatic carbocycles. The van der Waals surface area contributed by atoms with E-state index in [1.165, 1.54) is 51.4 Å². The molecule has 3 aliphatic rings. The van der Waals surface area contributed by atoms with Gasteiger partial charge in [-0.15, -0.1) is 0 Å². The van der Waals surface area contributed by atoms with Crippen LogP contribution >= 0.6 is 0 Å². The summed E-state index contributed by atoms with van der Waals surface area (Å²) in [6.07, 6.45) is 13.3. The zero-order valence-corrected chi connectivity index (χ0v) is 12.1. The molecule has 19 heavy (non-hydrogen) atoms. The molecule has 2 aliphatic carbocycles. The van der Waals surface area contributed by atoms with Gasteiger partial charge < -0.3 is 10.6 Å². The number of rotatable bonds is 2. The normalized spacial score (nSPS) is 29.0. The molecular formula is C16H28N2O. The van der Waals surface area contributed by atoms with Gasteiger partial charge in [0.25, 0.3) is 0 Å². The number of hydrogen-bond donors (Lipinski definition) is 1. The van der Waals surface area contributed by atoms with Gasteiger partial charge in [0.2, 0.25) is 5.91 Å². The minimum atomic E-state index is -0.156. The second-order valence-corrected chi connectivity index (χ2v) is 7.33. The molecule has 0 unspecified atom stereocenters. The molecular weight excluding hydrogens is 236 g/mol. The van der Waals surface area contributed by atoms with Crippen LogP contribution in [0, 0.1) is 5.41 Å². The van der Waals surface area contributed by atoms with Gasteiger partial charge in [-0.3, -0.25) is 4.79 Å². The van der Waals surface area contributed by atoms with Crippen LogP contribution in [-0.4, -0.2) is 29.4 Å². The van der Waals surface area contributed by atoms with Crippen molar-refractivity contribution in [2.75, 3.05) is 13.1 Å². The monoisotopic (exact) mass is 264 g/mol. The van der Waals surface area contributed by atoms with Crippen LogP contribution in [0.3, 0.4) is 0 Å². The zero-order chi connectivity index (χ0) is 13.3. The van der Waals surface area contributed by atoms with Crippen molar-refractivity contribution in [2.24, 2.45) is 11.1 Å². The summed E-state index contributed by atoms with van der Waals surface area (Å²) in [5.41, 5.74) is 6.63. The first-order valence-electron chi connectivity index (χ1n) is 8.18. The third kappa shape index (κ3) is 2.81. The van der Waals surface area contributed by atoms with Gasteiger partial charge in [0.05, 0.1) is 0 Å². The van der Waals surface area contributed by atoms with Gasteiger partial charge in [-0.25, -0.2) is 0 Å². The van der Waals surface area contributed by atoms with Crippen molar-refractivity contribution in [1.82, 2.24) is 4.90 Å². The van der Waals surface area contributed by atoms with Crippen LogP contribution in [0.15, 0.2) is 0 Å². The van der Waals surface area contributed by atoms with E-state index in [-0.39, 0.29) is 5.54 Å². The Labute approximate surface area is 116 Å². The smallest absolute Gasteiger partial charge is 0.224 e. The summed E-state index contributed by atoms with van der Waals surface area (Å²) < 4.78 is 0. The van der Waals surface area contributed by atoms with Crippen LogP contribution in [0.2, 0.25) is 0 Å². The van der Waals surface area contributed by atoms with Crippen molar-refractivity contribution >= 4 is 5.91 Å². The maximum atomic E-state index is 12.3. The number of amides is 1. The largest absolute Gasteiger partial charge is 0.343 e. The molecule has 0 bridgehead atoms. The predicted octanol–water partition coefficient (Wildman–Crippen LogP) is 2.83. The number of hydrogen-bond acceptors (Lipinski definition) is 2. The molecule has 108 valence electrons. The Bertz CT molecular complexity index is 333. The second kappa shape index (κ2) is 5.08. The molecule has 3 fully saturated rings. The Morgan fingerprint density at radius 1 is 0.895 bits per heavy atom. The molecule has 0 atom stereocenters. The number of carbonyl (C=O) groups excluding carboxylic acids is 1. The van der Waals surface area contributed by atoms with E-state index in [2.05, 4.69) is 4.90 Å². The lowest BCUT2D eigenvalue weighted by molar-refractivity contribution is -0.136. The molecule has 1 saturated heterocycles. The lowest BCUT2D eigenvalue weighted by Gasteiger charge is -2.45. The summed E-state index contributed by atoms with van der Waals surface area (Å²) in [5, 5.41) is 0. The van der Waals surface area contributed by atoms with Gasteiger partial charge in [-0.1, -0.05) is 19.3 Å². The highest BCUT2D eigenvalue weighted by molar-refractivity contribution is 5.77. The Kier molecular flexibility index (Phi) is 3.59. The molecule has 3 rings (SSSR count). The summed E-state index contributed by atoms with van der Waals surface area (Å²) in [6.45, 7) is 1.96. The van der Waals surface area contributed by atoms with Crippen molar-refractivity contribution < 1.29 is 4.79 Å². The average molecular weight is 264 g/mol. The minimum Gasteiger partial charge on any atom is -0.343 e. The van der Waals surface area contributed by atoms with Crippen molar-refractivity contribution in [1.29, 1.82) is 0 Å². The zero-order valence-electron chi connectivity index (χ0n) is 12.1. The first-order valence-corrected chi connectivity index (χ1v) is 8.18. The molecule has 0 aromatic rings. The van der Waals surface area contributed by atoms with Gasteiger partial charge >= 0.3 is 0 Å². The molecule has 1 aliphatic heterocycles. The molecule has 3 nitrogen and oxygen atoms in total. The summed E-state index contributed by atoms with van der Waals surface area (Å²) in [6, 6.07) is 0. The molecule has 1 spiro atoms. The van der Waals surface area contributed by atoms with Crippen molar-refractivity contribution in [3.63, 3.8) is 0 Å². The number of piperidine rings is 1. The first-order chi connectivity index (χ1) is 9.11. The third-order valence-corrected chi connectivity index (χ3v) is 5.94. The van der Waals surface area contributed by atoms with Gasteiger partial charge in [0.1, 0.15) is 0 Å². The van der Waals surface area contributed by atoms with E-state index in [1.807, 2.05) is 0 Å². The van der Waals surface area contributed by atoms with Crippen LogP contribution in [-0.2, 0) is 4.79 Å². The van der Waals surface area contributed by atoms with Gasteiger partial charge in [-0.2, -0.15) is 0 Å². The number of nitrogens with two attached hydrogens (primary N) is 1. The van der Waals surface area contributed by atoms with Crippen LogP contribution in [0.5, 0.6) is 0 Å². The minimum absolute atomic E-state index is 0.156. The Morgan fingerprint density at radius 3 is 2.05 bits per heavy atom. The lowest BCUT2D eigenvalue weighted by Crippen LogP contribution is -2.52. The molecule has 1 heterocycles. The summed E-state index contributed by atoms with van der Waals surface area (Å²) in [4.78, 5) is 14.4. The Hall–Kier alpha value is -0.570. The average Bonchev–Trinajstić information content (AvgIpc) is 2.38. The van der Waals surface area contributed by atoms with Crippen LogP contribution < -0.4 is 5.73 Å². The standard InChI is InChI=1S/C16H28N2O/c17-16(7-4-8-16)13-14(19)18-11-9-15(10-12-18)5-2-1-3-6-15/h1-13,17H2. The SMILES string of the molecule is NC1(CC(=O)N2CCC3(CCCCC3)CC2)CCC1. The van der Waals surface area contributed by atoms with Gasteiger partial charge in [-0.05, 0) is 50.4 Å². The highest BCUT2D eigenvalue weighted by atomic mass is 16.2. The molecule has 1 amide bonds. The summed E-state index contributed by atoms with van der Waals surface area (Å²) in [5.74, 6) is 0.313. The fourth-order valence-corrected chi connectivity index (χ4v) is 4.25. The van der Waals surface area contributed by atoms with E-state index in [0.717, 1.165) is 25.9 Å². The van der Waals surface area contributed by atoms with Gasteiger partial charge in [0.15, 0.2) is 0 Å². The van der Waals surface area contributed by atoms with Crippen LogP contribution in [0.1, 0.15) is 70.6 Å². The first kappa shape index (κ1) is 13.4. The van der Waals surface area contributed by atoms with E-state index >= 15 is 0 Å². The fourth-order valence-electron chi connectivity index (χ4n) is 4.25.